The summed E-state index contributed by atoms with van der Waals surface area (Å²) < 4.78 is 27.6. The smallest absolute Gasteiger partial charge is 0.326 e. The molecule has 6 aromatic rings. The summed E-state index contributed by atoms with van der Waals surface area (Å²) in [5, 5.41) is 1.97. The van der Waals surface area contributed by atoms with Crippen LogP contribution in [0.4, 0.5) is 0 Å². The molecule has 0 aromatic heterocycles. The SMILES string of the molecule is CC(C)(C)c1ccc(OP(Oc2ccc(C(C)(C)C)cc2C(C)(C)C)c2ccc(-c3ccc(P(Oc4ccc(C(C)(C)C)cc4)Oc4ccc(C(C)(C)C)cc4C(C)(C)C)cc3)cc2)cc1. The number of hydrogen-bond donors (Lipinski definition) is 0. The van der Waals surface area contributed by atoms with Crippen molar-refractivity contribution in [3.8, 4) is 34.1 Å². The molecule has 2 atom stereocenters. The van der Waals surface area contributed by atoms with Gasteiger partial charge in [-0.05, 0) is 127 Å². The maximum Gasteiger partial charge on any atom is 0.326 e. The summed E-state index contributed by atoms with van der Waals surface area (Å²) in [5.41, 5.74) is 9.42. The van der Waals surface area contributed by atoms with E-state index in [2.05, 4.69) is 258 Å². The fourth-order valence-electron chi connectivity index (χ4n) is 7.53. The van der Waals surface area contributed by atoms with Gasteiger partial charge in [0.2, 0.25) is 0 Å². The van der Waals surface area contributed by atoms with Crippen LogP contribution in [0.5, 0.6) is 23.0 Å². The van der Waals surface area contributed by atoms with Crippen LogP contribution in [0, 0.1) is 0 Å². The van der Waals surface area contributed by atoms with E-state index < -0.39 is 16.8 Å². The molecule has 0 saturated carbocycles. The lowest BCUT2D eigenvalue weighted by atomic mass is 9.80. The molecule has 6 heteroatoms. The first kappa shape index (κ1) is 50.8. The Morgan fingerprint density at radius 3 is 0.803 bits per heavy atom. The average Bonchev–Trinajstić information content (AvgIpc) is 3.22. The molecular weight excluding hydrogens is 847 g/mol. The Hall–Kier alpha value is -4.62. The van der Waals surface area contributed by atoms with Crippen molar-refractivity contribution in [2.75, 3.05) is 0 Å². The van der Waals surface area contributed by atoms with Crippen molar-refractivity contribution in [2.45, 2.75) is 157 Å². The molecule has 0 heterocycles. The predicted octanol–water partition coefficient (Wildman–Crippen LogP) is 17.3. The normalized spacial score (nSPS) is 13.8. The van der Waals surface area contributed by atoms with Gasteiger partial charge >= 0.3 is 16.8 Å². The van der Waals surface area contributed by atoms with Gasteiger partial charge in [-0.25, -0.2) is 0 Å². The fourth-order valence-corrected chi connectivity index (χ4v) is 10.1. The van der Waals surface area contributed by atoms with Crippen LogP contribution in [0.3, 0.4) is 0 Å². The monoisotopic (exact) mass is 923 g/mol. The van der Waals surface area contributed by atoms with Crippen molar-refractivity contribution in [1.29, 1.82) is 0 Å². The van der Waals surface area contributed by atoms with Crippen LogP contribution in [0.15, 0.2) is 133 Å². The Morgan fingerprint density at radius 1 is 0.273 bits per heavy atom. The number of rotatable bonds is 11. The van der Waals surface area contributed by atoms with Gasteiger partial charge in [0.1, 0.15) is 23.0 Å². The van der Waals surface area contributed by atoms with Gasteiger partial charge in [0.05, 0.1) is 10.6 Å². The van der Waals surface area contributed by atoms with E-state index in [1.165, 1.54) is 22.3 Å². The highest BCUT2D eigenvalue weighted by Gasteiger charge is 2.29. The zero-order chi connectivity index (χ0) is 48.6. The van der Waals surface area contributed by atoms with Crippen LogP contribution in [-0.2, 0) is 32.5 Å². The third-order valence-electron chi connectivity index (χ3n) is 12.0. The second-order valence-electron chi connectivity index (χ2n) is 23.9. The summed E-state index contributed by atoms with van der Waals surface area (Å²) in [6.07, 6.45) is 0. The molecule has 0 radical (unpaired) electrons. The van der Waals surface area contributed by atoms with E-state index in [0.29, 0.717) is 0 Å². The van der Waals surface area contributed by atoms with E-state index in [4.69, 9.17) is 18.1 Å². The van der Waals surface area contributed by atoms with E-state index in [0.717, 1.165) is 55.9 Å². The highest BCUT2D eigenvalue weighted by Crippen LogP contribution is 2.47. The zero-order valence-electron chi connectivity index (χ0n) is 43.2. The van der Waals surface area contributed by atoms with E-state index >= 15 is 0 Å². The van der Waals surface area contributed by atoms with Crippen molar-refractivity contribution in [1.82, 2.24) is 0 Å². The number of benzene rings is 6. The van der Waals surface area contributed by atoms with Crippen LogP contribution < -0.4 is 28.7 Å². The number of hydrogen-bond acceptors (Lipinski definition) is 4. The van der Waals surface area contributed by atoms with Crippen LogP contribution in [-0.4, -0.2) is 0 Å². The van der Waals surface area contributed by atoms with Gasteiger partial charge in [-0.2, -0.15) is 0 Å². The summed E-state index contributed by atoms with van der Waals surface area (Å²) >= 11 is 0. The lowest BCUT2D eigenvalue weighted by Gasteiger charge is -2.29. The summed E-state index contributed by atoms with van der Waals surface area (Å²) in [4.78, 5) is 0. The molecule has 0 spiro atoms. The molecule has 6 rings (SSSR count). The van der Waals surface area contributed by atoms with Crippen molar-refractivity contribution >= 4 is 27.4 Å². The van der Waals surface area contributed by atoms with E-state index in [1.807, 2.05) is 0 Å². The first-order chi connectivity index (χ1) is 30.5. The fraction of sp³-hybridized carbons (Fsp3) is 0.400. The maximum atomic E-state index is 7.00. The Balaban J connectivity index is 1.33. The minimum atomic E-state index is -1.55. The molecule has 0 N–H and O–H groups in total. The molecule has 66 heavy (non-hydrogen) atoms. The van der Waals surface area contributed by atoms with Crippen LogP contribution in [0.1, 0.15) is 158 Å². The first-order valence-electron chi connectivity index (χ1n) is 23.5. The van der Waals surface area contributed by atoms with Crippen molar-refractivity contribution < 1.29 is 18.1 Å². The minimum absolute atomic E-state index is 0.0110. The highest BCUT2D eigenvalue weighted by molar-refractivity contribution is 7.57. The molecule has 0 amide bonds. The van der Waals surface area contributed by atoms with Gasteiger partial charge in [-0.3, -0.25) is 0 Å². The zero-order valence-corrected chi connectivity index (χ0v) is 45.0. The van der Waals surface area contributed by atoms with Crippen molar-refractivity contribution in [3.63, 3.8) is 0 Å². The van der Waals surface area contributed by atoms with Gasteiger partial charge in [-0.15, -0.1) is 0 Å². The summed E-state index contributed by atoms with van der Waals surface area (Å²) in [6.45, 7) is 40.4. The van der Waals surface area contributed by atoms with E-state index in [-0.39, 0.29) is 32.5 Å². The third-order valence-corrected chi connectivity index (χ3v) is 14.9. The quantitative estimate of drug-likeness (QED) is 0.121. The maximum absolute atomic E-state index is 7.00. The van der Waals surface area contributed by atoms with Gasteiger partial charge in [0.15, 0.2) is 0 Å². The Kier molecular flexibility index (Phi) is 14.8. The van der Waals surface area contributed by atoms with Gasteiger partial charge in [-0.1, -0.05) is 197 Å². The summed E-state index contributed by atoms with van der Waals surface area (Å²) in [7, 11) is -3.10. The average molecular weight is 923 g/mol. The summed E-state index contributed by atoms with van der Waals surface area (Å²) in [6, 6.07) is 47.4. The first-order valence-corrected chi connectivity index (χ1v) is 25.9. The van der Waals surface area contributed by atoms with Crippen molar-refractivity contribution in [3.05, 3.63) is 167 Å². The Labute approximate surface area is 401 Å². The Bertz CT molecular complexity index is 2370. The molecule has 0 saturated heterocycles. The Morgan fingerprint density at radius 2 is 0.545 bits per heavy atom. The molecule has 0 aliphatic carbocycles. The topological polar surface area (TPSA) is 36.9 Å². The van der Waals surface area contributed by atoms with Crippen LogP contribution in [0.25, 0.3) is 11.1 Å². The van der Waals surface area contributed by atoms with Gasteiger partial charge in [0.25, 0.3) is 0 Å². The lowest BCUT2D eigenvalue weighted by molar-refractivity contribution is 0.478. The predicted molar refractivity (Wildman–Crippen MR) is 285 cm³/mol. The van der Waals surface area contributed by atoms with Gasteiger partial charge < -0.3 is 18.1 Å². The summed E-state index contributed by atoms with van der Waals surface area (Å²) in [5.74, 6) is 3.25. The molecular formula is C60H76O4P2. The second kappa shape index (κ2) is 19.2. The molecule has 0 fully saturated rings. The standard InChI is InChI=1S/C60H76O4P2/c1-55(2,3)43-23-29-47(30-24-43)61-65(63-53-37-27-45(57(7,8)9)39-51(53)59(13,14)15)49-33-19-41(20-34-49)42-21-35-50(36-22-42)66(62-48-31-25-44(26-32-48)56(4,5)6)64-54-38-28-46(58(10,11)12)40-52(54)60(16,17)18/h19-40H,1-18H3. The van der Waals surface area contributed by atoms with E-state index in [1.54, 1.807) is 0 Å². The minimum Gasteiger partial charge on any atom is -0.435 e. The molecule has 4 nitrogen and oxygen atoms in total. The molecule has 2 unspecified atom stereocenters. The van der Waals surface area contributed by atoms with Crippen molar-refractivity contribution in [2.24, 2.45) is 0 Å². The lowest BCUT2D eigenvalue weighted by Crippen LogP contribution is -2.18. The highest BCUT2D eigenvalue weighted by atomic mass is 31.2. The third kappa shape index (κ3) is 12.9. The molecule has 0 bridgehead atoms. The van der Waals surface area contributed by atoms with Crippen LogP contribution >= 0.6 is 16.8 Å². The van der Waals surface area contributed by atoms with Gasteiger partial charge in [0, 0.05) is 11.1 Å². The van der Waals surface area contributed by atoms with Crippen LogP contribution in [0.2, 0.25) is 0 Å². The van der Waals surface area contributed by atoms with E-state index in [9.17, 15) is 0 Å². The second-order valence-corrected chi connectivity index (χ2v) is 26.7. The molecule has 0 aliphatic heterocycles. The molecule has 0 aliphatic rings. The molecule has 350 valence electrons. The largest absolute Gasteiger partial charge is 0.435 e. The molecule has 6 aromatic carbocycles.